The van der Waals surface area contributed by atoms with Gasteiger partial charge < -0.3 is 4.74 Å². The van der Waals surface area contributed by atoms with Crippen LogP contribution in [0.3, 0.4) is 0 Å². The second kappa shape index (κ2) is 7.99. The summed E-state index contributed by atoms with van der Waals surface area (Å²) in [6.07, 6.45) is 0. The number of hydrogen-bond acceptors (Lipinski definition) is 5. The Bertz CT molecular complexity index is 843. The average molecular weight is 374 g/mol. The number of carbonyl (C=O) groups is 1. The van der Waals surface area contributed by atoms with E-state index >= 15 is 0 Å². The maximum atomic E-state index is 12.7. The molecule has 2 aromatic rings. The Labute approximate surface area is 154 Å². The van der Waals surface area contributed by atoms with Gasteiger partial charge in [-0.1, -0.05) is 30.3 Å². The van der Waals surface area contributed by atoms with E-state index in [1.54, 1.807) is 43.5 Å². The molecule has 26 heavy (non-hydrogen) atoms. The summed E-state index contributed by atoms with van der Waals surface area (Å²) >= 11 is 0. The van der Waals surface area contributed by atoms with Gasteiger partial charge in [0.1, 0.15) is 5.75 Å². The van der Waals surface area contributed by atoms with Crippen molar-refractivity contribution < 1.29 is 17.9 Å². The van der Waals surface area contributed by atoms with Gasteiger partial charge in [-0.25, -0.2) is 8.42 Å². The molecule has 0 saturated carbocycles. The van der Waals surface area contributed by atoms with E-state index < -0.39 is 10.0 Å². The van der Waals surface area contributed by atoms with Crippen molar-refractivity contribution in [1.29, 1.82) is 0 Å². The highest BCUT2D eigenvalue weighted by molar-refractivity contribution is 7.89. The molecule has 0 atom stereocenters. The van der Waals surface area contributed by atoms with Crippen LogP contribution in [0.4, 0.5) is 0 Å². The van der Waals surface area contributed by atoms with E-state index in [2.05, 4.69) is 0 Å². The third kappa shape index (κ3) is 4.12. The summed E-state index contributed by atoms with van der Waals surface area (Å²) in [5, 5.41) is 0. The number of ether oxygens (including phenoxy) is 1. The van der Waals surface area contributed by atoms with Gasteiger partial charge in [-0.05, 0) is 24.3 Å². The van der Waals surface area contributed by atoms with Crippen LogP contribution < -0.4 is 4.74 Å². The molecule has 2 aromatic carbocycles. The van der Waals surface area contributed by atoms with Gasteiger partial charge in [0.2, 0.25) is 10.0 Å². The molecule has 0 spiro atoms. The summed E-state index contributed by atoms with van der Waals surface area (Å²) < 4.78 is 32.0. The van der Waals surface area contributed by atoms with E-state index in [4.69, 9.17) is 4.74 Å². The molecule has 1 aliphatic rings. The molecule has 138 valence electrons. The topological polar surface area (TPSA) is 66.9 Å². The fraction of sp³-hybridized carbons (Fsp3) is 0.316. The highest BCUT2D eigenvalue weighted by Crippen LogP contribution is 2.20. The zero-order chi connectivity index (χ0) is 18.6. The third-order valence-electron chi connectivity index (χ3n) is 4.49. The van der Waals surface area contributed by atoms with E-state index in [1.165, 1.54) is 4.31 Å². The number of hydrogen-bond donors (Lipinski definition) is 0. The summed E-state index contributed by atoms with van der Waals surface area (Å²) in [6.45, 7) is 2.12. The smallest absolute Gasteiger partial charge is 0.243 e. The molecule has 1 fully saturated rings. The lowest BCUT2D eigenvalue weighted by molar-refractivity contribution is 0.0901. The molecular weight excluding hydrogens is 352 g/mol. The lowest BCUT2D eigenvalue weighted by Crippen LogP contribution is -2.49. The van der Waals surface area contributed by atoms with Crippen molar-refractivity contribution in [2.45, 2.75) is 4.90 Å². The summed E-state index contributed by atoms with van der Waals surface area (Å²) in [4.78, 5) is 14.5. The number of piperazine rings is 1. The molecule has 0 bridgehead atoms. The Kier molecular flexibility index (Phi) is 5.70. The van der Waals surface area contributed by atoms with Gasteiger partial charge in [0, 0.05) is 31.7 Å². The number of sulfonamides is 1. The highest BCUT2D eigenvalue weighted by Gasteiger charge is 2.29. The minimum atomic E-state index is -3.52. The molecule has 6 nitrogen and oxygen atoms in total. The second-order valence-corrected chi connectivity index (χ2v) is 8.08. The van der Waals surface area contributed by atoms with Gasteiger partial charge in [-0.3, -0.25) is 9.69 Å². The quantitative estimate of drug-likeness (QED) is 0.723. The zero-order valence-electron chi connectivity index (χ0n) is 14.7. The van der Waals surface area contributed by atoms with E-state index in [0.717, 1.165) is 0 Å². The molecule has 1 aliphatic heterocycles. The van der Waals surface area contributed by atoms with Crippen LogP contribution in [0.25, 0.3) is 0 Å². The van der Waals surface area contributed by atoms with E-state index in [9.17, 15) is 13.2 Å². The van der Waals surface area contributed by atoms with Gasteiger partial charge >= 0.3 is 0 Å². The Hall–Kier alpha value is -2.22. The van der Waals surface area contributed by atoms with Crippen LogP contribution in [-0.4, -0.2) is 63.2 Å². The number of nitrogens with zero attached hydrogens (tertiary/aromatic N) is 2. The molecule has 1 saturated heterocycles. The molecule has 0 radical (unpaired) electrons. The predicted octanol–water partition coefficient (Wildman–Crippen LogP) is 1.88. The van der Waals surface area contributed by atoms with Crippen LogP contribution in [0.15, 0.2) is 59.5 Å². The van der Waals surface area contributed by atoms with Crippen LogP contribution in [0.5, 0.6) is 5.75 Å². The Morgan fingerprint density at radius 1 is 0.962 bits per heavy atom. The van der Waals surface area contributed by atoms with Crippen molar-refractivity contribution in [2.75, 3.05) is 39.8 Å². The molecule has 0 unspecified atom stereocenters. The first kappa shape index (κ1) is 18.6. The lowest BCUT2D eigenvalue weighted by Gasteiger charge is -2.33. The highest BCUT2D eigenvalue weighted by atomic mass is 32.2. The third-order valence-corrected chi connectivity index (χ3v) is 6.40. The van der Waals surface area contributed by atoms with Gasteiger partial charge in [-0.15, -0.1) is 0 Å². The van der Waals surface area contributed by atoms with Crippen molar-refractivity contribution in [3.05, 3.63) is 60.2 Å². The van der Waals surface area contributed by atoms with Crippen molar-refractivity contribution in [3.63, 3.8) is 0 Å². The molecule has 1 heterocycles. The van der Waals surface area contributed by atoms with Gasteiger partial charge in [0.05, 0.1) is 18.6 Å². The summed E-state index contributed by atoms with van der Waals surface area (Å²) in [7, 11) is -1.98. The van der Waals surface area contributed by atoms with Crippen molar-refractivity contribution >= 4 is 15.8 Å². The Morgan fingerprint density at radius 3 is 2.15 bits per heavy atom. The standard InChI is InChI=1S/C19H22N2O4S/c1-25-17-7-9-18(10-8-17)26(23,24)21-13-11-20(12-14-21)15-19(22)16-5-3-2-4-6-16/h2-10H,11-15H2,1H3. The Balaban J connectivity index is 1.59. The molecule has 3 rings (SSSR count). The van der Waals surface area contributed by atoms with Crippen LogP contribution in [0.1, 0.15) is 10.4 Å². The maximum Gasteiger partial charge on any atom is 0.243 e. The Morgan fingerprint density at radius 2 is 1.58 bits per heavy atom. The number of rotatable bonds is 6. The van der Waals surface area contributed by atoms with Crippen molar-refractivity contribution in [2.24, 2.45) is 0 Å². The average Bonchev–Trinajstić information content (AvgIpc) is 2.69. The number of ketones is 1. The maximum absolute atomic E-state index is 12.7. The summed E-state index contributed by atoms with van der Waals surface area (Å²) in [5.41, 5.74) is 0.681. The number of methoxy groups -OCH3 is 1. The largest absolute Gasteiger partial charge is 0.497 e. The van der Waals surface area contributed by atoms with Crippen molar-refractivity contribution in [1.82, 2.24) is 9.21 Å². The van der Waals surface area contributed by atoms with Crippen LogP contribution in [0.2, 0.25) is 0 Å². The minimum Gasteiger partial charge on any atom is -0.497 e. The second-order valence-electron chi connectivity index (χ2n) is 6.14. The van der Waals surface area contributed by atoms with Gasteiger partial charge in [-0.2, -0.15) is 4.31 Å². The van der Waals surface area contributed by atoms with Crippen LogP contribution in [0, 0.1) is 0 Å². The molecule has 0 amide bonds. The first-order valence-corrected chi connectivity index (χ1v) is 9.89. The zero-order valence-corrected chi connectivity index (χ0v) is 15.5. The van der Waals surface area contributed by atoms with Gasteiger partial charge in [0.25, 0.3) is 0 Å². The molecule has 0 aliphatic carbocycles. The SMILES string of the molecule is COc1ccc(S(=O)(=O)N2CCN(CC(=O)c3ccccc3)CC2)cc1. The molecular formula is C19H22N2O4S. The van der Waals surface area contributed by atoms with Crippen LogP contribution in [-0.2, 0) is 10.0 Å². The normalized spacial score (nSPS) is 16.3. The van der Waals surface area contributed by atoms with E-state index in [0.29, 0.717) is 44.0 Å². The van der Waals surface area contributed by atoms with E-state index in [1.807, 2.05) is 23.1 Å². The number of benzene rings is 2. The molecule has 0 N–H and O–H groups in total. The minimum absolute atomic E-state index is 0.0528. The monoisotopic (exact) mass is 374 g/mol. The molecule has 7 heteroatoms. The van der Waals surface area contributed by atoms with Crippen molar-refractivity contribution in [3.8, 4) is 5.75 Å². The fourth-order valence-electron chi connectivity index (χ4n) is 2.94. The number of Topliss-reactive ketones (excluding diaryl/α,β-unsaturated/α-hetero) is 1. The van der Waals surface area contributed by atoms with Gasteiger partial charge in [0.15, 0.2) is 5.78 Å². The lowest BCUT2D eigenvalue weighted by atomic mass is 10.1. The predicted molar refractivity (Wildman–Crippen MR) is 99.0 cm³/mol. The summed E-state index contributed by atoms with van der Waals surface area (Å²) in [6, 6.07) is 15.5. The fourth-order valence-corrected chi connectivity index (χ4v) is 4.37. The van der Waals surface area contributed by atoms with Crippen LogP contribution >= 0.6 is 0 Å². The molecule has 0 aromatic heterocycles. The summed E-state index contributed by atoms with van der Waals surface area (Å²) in [5.74, 6) is 0.672. The number of carbonyl (C=O) groups excluding carboxylic acids is 1. The first-order valence-electron chi connectivity index (χ1n) is 8.45. The first-order chi connectivity index (χ1) is 12.5. The van der Waals surface area contributed by atoms with E-state index in [-0.39, 0.29) is 10.7 Å².